The normalized spacial score (nSPS) is 23.3. The summed E-state index contributed by atoms with van der Waals surface area (Å²) in [5.41, 5.74) is 1.26. The summed E-state index contributed by atoms with van der Waals surface area (Å²) in [6, 6.07) is 8.51. The van der Waals surface area contributed by atoms with Gasteiger partial charge in [0.25, 0.3) is 0 Å². The molecule has 1 N–H and O–H groups in total. The van der Waals surface area contributed by atoms with Gasteiger partial charge in [-0.2, -0.15) is 18.4 Å². The van der Waals surface area contributed by atoms with Gasteiger partial charge < -0.3 is 5.32 Å². The number of nitrogens with one attached hydrogen (secondary N) is 1. The molecule has 2 rings (SSSR count). The van der Waals surface area contributed by atoms with E-state index in [0.29, 0.717) is 24.9 Å². The maximum atomic E-state index is 13.0. The standard InChI is InChI=1S/C15H17F3N2/c16-15(17,18)13-7-3-4-8-14(13)20-10-12-6-2-1-5-11(12)9-19/h1-2,5-6,13-14,20H,3-4,7-8,10H2. The molecule has 0 saturated heterocycles. The van der Waals surface area contributed by atoms with Gasteiger partial charge in [0, 0.05) is 12.6 Å². The van der Waals surface area contributed by atoms with E-state index in [4.69, 9.17) is 5.26 Å². The van der Waals surface area contributed by atoms with Gasteiger partial charge in [0.15, 0.2) is 0 Å². The van der Waals surface area contributed by atoms with Gasteiger partial charge in [-0.3, -0.25) is 0 Å². The van der Waals surface area contributed by atoms with Crippen molar-refractivity contribution in [2.24, 2.45) is 5.92 Å². The number of hydrogen-bond donors (Lipinski definition) is 1. The molecule has 1 aliphatic carbocycles. The zero-order valence-electron chi connectivity index (χ0n) is 11.1. The molecule has 0 radical (unpaired) electrons. The second-order valence-electron chi connectivity index (χ2n) is 5.19. The molecule has 0 aliphatic heterocycles. The van der Waals surface area contributed by atoms with Crippen LogP contribution in [-0.2, 0) is 6.54 Å². The first-order valence-electron chi connectivity index (χ1n) is 6.80. The van der Waals surface area contributed by atoms with Crippen molar-refractivity contribution in [1.82, 2.24) is 5.32 Å². The minimum atomic E-state index is -4.15. The molecule has 2 unspecified atom stereocenters. The zero-order valence-corrected chi connectivity index (χ0v) is 11.1. The molecule has 1 saturated carbocycles. The average molecular weight is 282 g/mol. The minimum absolute atomic E-state index is 0.195. The molecule has 2 nitrogen and oxygen atoms in total. The van der Waals surface area contributed by atoms with E-state index in [0.717, 1.165) is 12.0 Å². The van der Waals surface area contributed by atoms with Gasteiger partial charge in [0.05, 0.1) is 17.6 Å². The molecule has 1 aliphatic rings. The number of nitrogens with zero attached hydrogens (tertiary/aromatic N) is 1. The van der Waals surface area contributed by atoms with E-state index in [9.17, 15) is 13.2 Å². The van der Waals surface area contributed by atoms with E-state index < -0.39 is 18.1 Å². The molecule has 1 aromatic carbocycles. The second kappa shape index (κ2) is 6.27. The van der Waals surface area contributed by atoms with Crippen LogP contribution in [-0.4, -0.2) is 12.2 Å². The highest BCUT2D eigenvalue weighted by atomic mass is 19.4. The molecule has 20 heavy (non-hydrogen) atoms. The molecule has 0 spiro atoms. The second-order valence-corrected chi connectivity index (χ2v) is 5.19. The van der Waals surface area contributed by atoms with E-state index >= 15 is 0 Å². The van der Waals surface area contributed by atoms with Crippen LogP contribution in [0.15, 0.2) is 24.3 Å². The predicted octanol–water partition coefficient (Wildman–Crippen LogP) is 3.77. The third kappa shape index (κ3) is 3.51. The summed E-state index contributed by atoms with van der Waals surface area (Å²) in [7, 11) is 0. The zero-order chi connectivity index (χ0) is 14.6. The fraction of sp³-hybridized carbons (Fsp3) is 0.533. The topological polar surface area (TPSA) is 35.8 Å². The Morgan fingerprint density at radius 3 is 2.60 bits per heavy atom. The first kappa shape index (κ1) is 14.9. The van der Waals surface area contributed by atoms with Crippen molar-refractivity contribution in [3.63, 3.8) is 0 Å². The van der Waals surface area contributed by atoms with Gasteiger partial charge in [-0.15, -0.1) is 0 Å². The molecular weight excluding hydrogens is 265 g/mol. The van der Waals surface area contributed by atoms with Crippen molar-refractivity contribution < 1.29 is 13.2 Å². The number of nitriles is 1. The van der Waals surface area contributed by atoms with Gasteiger partial charge in [0.2, 0.25) is 0 Å². The Morgan fingerprint density at radius 1 is 1.20 bits per heavy atom. The van der Waals surface area contributed by atoms with Crippen LogP contribution in [0.25, 0.3) is 0 Å². The van der Waals surface area contributed by atoms with Crippen LogP contribution in [0.5, 0.6) is 0 Å². The van der Waals surface area contributed by atoms with E-state index in [1.54, 1.807) is 24.3 Å². The molecule has 0 aromatic heterocycles. The fourth-order valence-electron chi connectivity index (χ4n) is 2.79. The lowest BCUT2D eigenvalue weighted by Gasteiger charge is -2.33. The summed E-state index contributed by atoms with van der Waals surface area (Å²) >= 11 is 0. The summed E-state index contributed by atoms with van der Waals surface area (Å²) in [5.74, 6) is -1.27. The monoisotopic (exact) mass is 282 g/mol. The summed E-state index contributed by atoms with van der Waals surface area (Å²) in [5, 5.41) is 12.0. The number of benzene rings is 1. The average Bonchev–Trinajstić information content (AvgIpc) is 2.44. The van der Waals surface area contributed by atoms with Crippen LogP contribution in [0.3, 0.4) is 0 Å². The van der Waals surface area contributed by atoms with Crippen LogP contribution in [0.4, 0.5) is 13.2 Å². The molecule has 0 amide bonds. The molecule has 5 heteroatoms. The van der Waals surface area contributed by atoms with Gasteiger partial charge in [-0.1, -0.05) is 31.0 Å². The first-order valence-corrected chi connectivity index (χ1v) is 6.80. The number of rotatable bonds is 3. The van der Waals surface area contributed by atoms with Gasteiger partial charge in [-0.25, -0.2) is 0 Å². The maximum absolute atomic E-state index is 13.0. The lowest BCUT2D eigenvalue weighted by atomic mass is 9.84. The highest BCUT2D eigenvalue weighted by Gasteiger charge is 2.45. The van der Waals surface area contributed by atoms with Crippen molar-refractivity contribution in [3.05, 3.63) is 35.4 Å². The van der Waals surface area contributed by atoms with Gasteiger partial charge in [0.1, 0.15) is 0 Å². The molecule has 1 aromatic rings. The highest BCUT2D eigenvalue weighted by Crippen LogP contribution is 2.37. The van der Waals surface area contributed by atoms with E-state index in [-0.39, 0.29) is 6.42 Å². The van der Waals surface area contributed by atoms with E-state index in [1.165, 1.54) is 0 Å². The van der Waals surface area contributed by atoms with Crippen LogP contribution in [0, 0.1) is 17.2 Å². The molecule has 0 heterocycles. The Bertz CT molecular complexity index is 491. The van der Waals surface area contributed by atoms with E-state index in [1.807, 2.05) is 0 Å². The van der Waals surface area contributed by atoms with Gasteiger partial charge >= 0.3 is 6.18 Å². The minimum Gasteiger partial charge on any atom is -0.309 e. The Morgan fingerprint density at radius 2 is 1.90 bits per heavy atom. The molecular formula is C15H17F3N2. The van der Waals surface area contributed by atoms with Gasteiger partial charge in [-0.05, 0) is 24.5 Å². The summed E-state index contributed by atoms with van der Waals surface area (Å²) in [4.78, 5) is 0. The Hall–Kier alpha value is -1.54. The van der Waals surface area contributed by atoms with Crippen molar-refractivity contribution in [2.45, 2.75) is 44.4 Å². The van der Waals surface area contributed by atoms with Crippen LogP contribution < -0.4 is 5.32 Å². The summed E-state index contributed by atoms with van der Waals surface area (Å²) < 4.78 is 38.9. The quantitative estimate of drug-likeness (QED) is 0.916. The SMILES string of the molecule is N#Cc1ccccc1CNC1CCCCC1C(F)(F)F. The van der Waals surface area contributed by atoms with Crippen molar-refractivity contribution in [3.8, 4) is 6.07 Å². The Balaban J connectivity index is 2.03. The number of halogens is 3. The van der Waals surface area contributed by atoms with Crippen molar-refractivity contribution >= 4 is 0 Å². The maximum Gasteiger partial charge on any atom is 0.393 e. The smallest absolute Gasteiger partial charge is 0.309 e. The lowest BCUT2D eigenvalue weighted by Crippen LogP contribution is -2.45. The third-order valence-corrected chi connectivity index (χ3v) is 3.88. The third-order valence-electron chi connectivity index (χ3n) is 3.88. The predicted molar refractivity (Wildman–Crippen MR) is 69.8 cm³/mol. The molecule has 1 fully saturated rings. The van der Waals surface area contributed by atoms with Crippen molar-refractivity contribution in [1.29, 1.82) is 5.26 Å². The Labute approximate surface area is 116 Å². The molecule has 108 valence electrons. The lowest BCUT2D eigenvalue weighted by molar-refractivity contribution is -0.189. The fourth-order valence-corrected chi connectivity index (χ4v) is 2.79. The van der Waals surface area contributed by atoms with Crippen LogP contribution >= 0.6 is 0 Å². The number of hydrogen-bond acceptors (Lipinski definition) is 2. The largest absolute Gasteiger partial charge is 0.393 e. The van der Waals surface area contributed by atoms with Crippen molar-refractivity contribution in [2.75, 3.05) is 0 Å². The number of alkyl halides is 3. The molecule has 2 atom stereocenters. The van der Waals surface area contributed by atoms with Crippen LogP contribution in [0.2, 0.25) is 0 Å². The highest BCUT2D eigenvalue weighted by molar-refractivity contribution is 5.37. The van der Waals surface area contributed by atoms with E-state index in [2.05, 4.69) is 11.4 Å². The Kier molecular flexibility index (Phi) is 4.66. The molecule has 0 bridgehead atoms. The van der Waals surface area contributed by atoms with Crippen LogP contribution in [0.1, 0.15) is 36.8 Å². The summed E-state index contributed by atoms with van der Waals surface area (Å²) in [6.45, 7) is 0.307. The summed E-state index contributed by atoms with van der Waals surface area (Å²) in [6.07, 6.45) is -1.95. The first-order chi connectivity index (χ1) is 9.52.